The van der Waals surface area contributed by atoms with Crippen LogP contribution >= 0.6 is 0 Å². The van der Waals surface area contributed by atoms with Crippen LogP contribution in [0, 0.1) is 6.92 Å². The Bertz CT molecular complexity index is 1220. The fourth-order valence-electron chi connectivity index (χ4n) is 4.49. The molecule has 0 unspecified atom stereocenters. The summed E-state index contributed by atoms with van der Waals surface area (Å²) < 4.78 is 11.6. The molecule has 1 N–H and O–H groups in total. The van der Waals surface area contributed by atoms with Crippen molar-refractivity contribution in [1.29, 1.82) is 0 Å². The fourth-order valence-corrected chi connectivity index (χ4v) is 4.49. The van der Waals surface area contributed by atoms with Crippen LogP contribution in [0.15, 0.2) is 65.2 Å². The summed E-state index contributed by atoms with van der Waals surface area (Å²) in [5, 5.41) is 2.94. The van der Waals surface area contributed by atoms with Crippen molar-refractivity contribution in [3.8, 4) is 17.2 Å². The number of nitrogens with zero attached hydrogens (tertiary/aromatic N) is 2. The average molecular weight is 442 g/mol. The lowest BCUT2D eigenvalue weighted by Crippen LogP contribution is -2.20. The van der Waals surface area contributed by atoms with Gasteiger partial charge in [-0.1, -0.05) is 37.5 Å². The summed E-state index contributed by atoms with van der Waals surface area (Å²) >= 11 is 0. The first-order valence-corrected chi connectivity index (χ1v) is 11.5. The Hall–Kier alpha value is -3.67. The summed E-state index contributed by atoms with van der Waals surface area (Å²) in [4.78, 5) is 21.2. The lowest BCUT2D eigenvalue weighted by atomic mass is 9.84. The van der Waals surface area contributed by atoms with Gasteiger partial charge in [0.15, 0.2) is 17.8 Å². The van der Waals surface area contributed by atoms with E-state index in [1.807, 2.05) is 49.4 Å². The number of anilines is 1. The van der Waals surface area contributed by atoms with E-state index in [-0.39, 0.29) is 12.5 Å². The van der Waals surface area contributed by atoms with E-state index in [1.54, 1.807) is 6.20 Å². The average Bonchev–Trinajstić information content (AvgIpc) is 3.29. The number of rotatable bonds is 6. The predicted octanol–water partition coefficient (Wildman–Crippen LogP) is 6.26. The molecule has 0 bridgehead atoms. The number of aromatic nitrogens is 2. The Labute approximate surface area is 193 Å². The molecule has 2 aromatic carbocycles. The zero-order chi connectivity index (χ0) is 22.6. The molecule has 4 aromatic rings. The number of nitrogens with one attached hydrogen (secondary N) is 1. The molecule has 1 fully saturated rings. The number of fused-ring (bicyclic) bond motifs is 1. The number of hydrogen-bond acceptors (Lipinski definition) is 5. The maximum Gasteiger partial charge on any atom is 0.262 e. The number of pyridine rings is 1. The molecular weight excluding hydrogens is 414 g/mol. The first-order valence-electron chi connectivity index (χ1n) is 11.5. The van der Waals surface area contributed by atoms with Crippen LogP contribution in [0.25, 0.3) is 22.7 Å². The van der Waals surface area contributed by atoms with Crippen molar-refractivity contribution in [2.24, 2.45) is 0 Å². The van der Waals surface area contributed by atoms with Crippen molar-refractivity contribution in [3.05, 3.63) is 71.9 Å². The standard InChI is InChI=1S/C27H27N3O3/c1-18-22(27-30-26-24(33-27)11-6-16-28-26)9-5-10-23(18)29-25(31)17-32-21-14-12-20(13-15-21)19-7-3-2-4-8-19/h5-6,9-16,19H,2-4,7-8,17H2,1H3,(H,29,31). The zero-order valence-corrected chi connectivity index (χ0v) is 18.7. The van der Waals surface area contributed by atoms with E-state index in [1.165, 1.54) is 37.7 Å². The van der Waals surface area contributed by atoms with Gasteiger partial charge in [-0.05, 0) is 73.2 Å². The highest BCUT2D eigenvalue weighted by Gasteiger charge is 2.16. The third-order valence-electron chi connectivity index (χ3n) is 6.33. The van der Waals surface area contributed by atoms with Gasteiger partial charge in [0, 0.05) is 17.4 Å². The van der Waals surface area contributed by atoms with E-state index in [4.69, 9.17) is 9.15 Å². The predicted molar refractivity (Wildman–Crippen MR) is 128 cm³/mol. The van der Waals surface area contributed by atoms with E-state index in [2.05, 4.69) is 27.4 Å². The summed E-state index contributed by atoms with van der Waals surface area (Å²) in [7, 11) is 0. The van der Waals surface area contributed by atoms with Crippen LogP contribution in [0.5, 0.6) is 5.75 Å². The van der Waals surface area contributed by atoms with Crippen molar-refractivity contribution in [3.63, 3.8) is 0 Å². The molecule has 0 atom stereocenters. The summed E-state index contributed by atoms with van der Waals surface area (Å²) in [5.74, 6) is 1.62. The van der Waals surface area contributed by atoms with E-state index in [0.29, 0.717) is 34.5 Å². The Kier molecular flexibility index (Phi) is 6.07. The quantitative estimate of drug-likeness (QED) is 0.382. The number of benzene rings is 2. The second-order valence-electron chi connectivity index (χ2n) is 8.56. The van der Waals surface area contributed by atoms with Crippen molar-refractivity contribution in [2.45, 2.75) is 44.9 Å². The second-order valence-corrected chi connectivity index (χ2v) is 8.56. The van der Waals surface area contributed by atoms with Crippen molar-refractivity contribution in [1.82, 2.24) is 9.97 Å². The normalized spacial score (nSPS) is 14.3. The summed E-state index contributed by atoms with van der Waals surface area (Å²) in [6.45, 7) is 1.87. The van der Waals surface area contributed by atoms with Gasteiger partial charge in [0.25, 0.3) is 5.91 Å². The Morgan fingerprint density at radius 1 is 1.06 bits per heavy atom. The highest BCUT2D eigenvalue weighted by molar-refractivity contribution is 5.93. The molecular formula is C27H27N3O3. The van der Waals surface area contributed by atoms with Crippen LogP contribution in [0.3, 0.4) is 0 Å². The number of ether oxygens (including phenoxy) is 1. The minimum absolute atomic E-state index is 0.0563. The zero-order valence-electron chi connectivity index (χ0n) is 18.7. The molecule has 1 amide bonds. The van der Waals surface area contributed by atoms with E-state index >= 15 is 0 Å². The van der Waals surface area contributed by atoms with E-state index in [9.17, 15) is 4.79 Å². The smallest absolute Gasteiger partial charge is 0.262 e. The molecule has 5 rings (SSSR count). The van der Waals surface area contributed by atoms with Crippen LogP contribution in [0.2, 0.25) is 0 Å². The Morgan fingerprint density at radius 2 is 1.88 bits per heavy atom. The molecule has 2 heterocycles. The van der Waals surface area contributed by atoms with Gasteiger partial charge < -0.3 is 14.5 Å². The number of carbonyl (C=O) groups is 1. The van der Waals surface area contributed by atoms with Crippen LogP contribution in [0.1, 0.15) is 49.1 Å². The second kappa shape index (κ2) is 9.45. The molecule has 0 saturated heterocycles. The Balaban J connectivity index is 1.22. The number of amides is 1. The Morgan fingerprint density at radius 3 is 2.67 bits per heavy atom. The number of carbonyl (C=O) groups excluding carboxylic acids is 1. The van der Waals surface area contributed by atoms with E-state index < -0.39 is 0 Å². The van der Waals surface area contributed by atoms with Gasteiger partial charge >= 0.3 is 0 Å². The van der Waals surface area contributed by atoms with Gasteiger partial charge in [-0.25, -0.2) is 4.98 Å². The maximum atomic E-state index is 12.6. The molecule has 168 valence electrons. The molecule has 0 spiro atoms. The third kappa shape index (κ3) is 4.75. The number of hydrogen-bond donors (Lipinski definition) is 1. The highest BCUT2D eigenvalue weighted by Crippen LogP contribution is 2.33. The van der Waals surface area contributed by atoms with Crippen molar-refractivity contribution < 1.29 is 13.9 Å². The molecule has 0 aliphatic heterocycles. The van der Waals surface area contributed by atoms with E-state index in [0.717, 1.165) is 11.1 Å². The minimum atomic E-state index is -0.217. The molecule has 33 heavy (non-hydrogen) atoms. The maximum absolute atomic E-state index is 12.6. The molecule has 1 saturated carbocycles. The summed E-state index contributed by atoms with van der Waals surface area (Å²) in [6.07, 6.45) is 8.19. The topological polar surface area (TPSA) is 77.2 Å². The largest absolute Gasteiger partial charge is 0.484 e. The molecule has 2 aromatic heterocycles. The summed E-state index contributed by atoms with van der Waals surface area (Å²) in [6, 6.07) is 17.5. The van der Waals surface area contributed by atoms with Crippen molar-refractivity contribution in [2.75, 3.05) is 11.9 Å². The highest BCUT2D eigenvalue weighted by atomic mass is 16.5. The number of oxazole rings is 1. The first-order chi connectivity index (χ1) is 16.2. The monoisotopic (exact) mass is 441 g/mol. The van der Waals surface area contributed by atoms with Crippen LogP contribution < -0.4 is 10.1 Å². The minimum Gasteiger partial charge on any atom is -0.484 e. The van der Waals surface area contributed by atoms with Gasteiger partial charge in [0.1, 0.15) is 5.75 Å². The molecule has 0 radical (unpaired) electrons. The van der Waals surface area contributed by atoms with Gasteiger partial charge in [-0.2, -0.15) is 4.98 Å². The van der Waals surface area contributed by atoms with Gasteiger partial charge in [0.2, 0.25) is 5.89 Å². The third-order valence-corrected chi connectivity index (χ3v) is 6.33. The lowest BCUT2D eigenvalue weighted by Gasteiger charge is -2.22. The molecule has 1 aliphatic rings. The van der Waals surface area contributed by atoms with Crippen LogP contribution in [-0.4, -0.2) is 22.5 Å². The van der Waals surface area contributed by atoms with Gasteiger partial charge in [-0.15, -0.1) is 0 Å². The lowest BCUT2D eigenvalue weighted by molar-refractivity contribution is -0.118. The molecule has 6 heteroatoms. The van der Waals surface area contributed by atoms with Crippen molar-refractivity contribution >= 4 is 22.8 Å². The SMILES string of the molecule is Cc1c(NC(=O)COc2ccc(C3CCCCC3)cc2)cccc1-c1nc2ncccc2o1. The first kappa shape index (κ1) is 21.2. The fraction of sp³-hybridized carbons (Fsp3) is 0.296. The summed E-state index contributed by atoms with van der Waals surface area (Å²) in [5.41, 5.74) is 4.94. The molecule has 1 aliphatic carbocycles. The van der Waals surface area contributed by atoms with Gasteiger partial charge in [0.05, 0.1) is 0 Å². The van der Waals surface area contributed by atoms with Crippen LogP contribution in [0.4, 0.5) is 5.69 Å². The van der Waals surface area contributed by atoms with Gasteiger partial charge in [-0.3, -0.25) is 4.79 Å². The molecule has 6 nitrogen and oxygen atoms in total. The van der Waals surface area contributed by atoms with Crippen LogP contribution in [-0.2, 0) is 4.79 Å².